The number of allylic oxidation sites excluding steroid dienone is 1. The monoisotopic (exact) mass is 208 g/mol. The molecule has 0 aromatic carbocycles. The molecule has 0 aliphatic rings. The fourth-order valence-electron chi connectivity index (χ4n) is 1.07. The van der Waals surface area contributed by atoms with Gasteiger partial charge in [-0.1, -0.05) is 5.57 Å². The molecule has 0 radical (unpaired) electrons. The molecule has 1 unspecified atom stereocenters. The predicted molar refractivity (Wildman–Crippen MR) is 62.7 cm³/mol. The second kappa shape index (κ2) is 7.08. The third-order valence-electron chi connectivity index (χ3n) is 2.12. The van der Waals surface area contributed by atoms with Crippen LogP contribution in [0.15, 0.2) is 29.5 Å². The summed E-state index contributed by atoms with van der Waals surface area (Å²) in [6.45, 7) is 9.47. The highest BCUT2D eigenvalue weighted by atomic mass is 16.4. The Kier molecular flexibility index (Phi) is 6.48. The van der Waals surface area contributed by atoms with Crippen LogP contribution in [0, 0.1) is 5.92 Å². The zero-order chi connectivity index (χ0) is 11.8. The van der Waals surface area contributed by atoms with Gasteiger partial charge in [-0.25, -0.2) is 0 Å². The Bertz CT molecular complexity index is 294. The Morgan fingerprint density at radius 1 is 1.47 bits per heavy atom. The summed E-state index contributed by atoms with van der Waals surface area (Å²) < 4.78 is 0. The number of carbonyl (C=O) groups is 1. The molecule has 0 spiro atoms. The van der Waals surface area contributed by atoms with Gasteiger partial charge in [-0.3, -0.25) is 4.79 Å². The Labute approximate surface area is 92.0 Å². The van der Waals surface area contributed by atoms with Crippen LogP contribution in [-0.4, -0.2) is 11.1 Å². The first-order chi connectivity index (χ1) is 6.93. The number of carboxylic acids is 1. The normalized spacial score (nSPS) is 11.4. The van der Waals surface area contributed by atoms with Crippen molar-refractivity contribution in [2.45, 2.75) is 40.0 Å². The topological polar surface area (TPSA) is 37.3 Å². The summed E-state index contributed by atoms with van der Waals surface area (Å²) in [4.78, 5) is 10.5. The molecular weight excluding hydrogens is 188 g/mol. The first-order valence-corrected chi connectivity index (χ1v) is 5.23. The minimum Gasteiger partial charge on any atom is -0.481 e. The van der Waals surface area contributed by atoms with Crippen molar-refractivity contribution in [2.75, 3.05) is 0 Å². The molecule has 0 aliphatic heterocycles. The lowest BCUT2D eigenvalue weighted by Gasteiger charge is -1.99. The maximum atomic E-state index is 10.5. The summed E-state index contributed by atoms with van der Waals surface area (Å²) in [5, 5.41) is 8.65. The van der Waals surface area contributed by atoms with Crippen molar-refractivity contribution in [1.82, 2.24) is 0 Å². The molecule has 0 aromatic rings. The van der Waals surface area contributed by atoms with Crippen LogP contribution in [0.4, 0.5) is 0 Å². The molecule has 0 bridgehead atoms. The van der Waals surface area contributed by atoms with Gasteiger partial charge in [-0.15, -0.1) is 12.3 Å². The lowest BCUT2D eigenvalue weighted by Crippen LogP contribution is -2.05. The summed E-state index contributed by atoms with van der Waals surface area (Å²) in [5.74, 6) is -1.27. The van der Waals surface area contributed by atoms with Gasteiger partial charge in [-0.2, -0.15) is 0 Å². The quantitative estimate of drug-likeness (QED) is 0.535. The first kappa shape index (κ1) is 13.7. The van der Waals surface area contributed by atoms with Gasteiger partial charge in [0.15, 0.2) is 0 Å². The standard InChI is InChI=1S/C13H20O2/c1-10(2)6-5-7-11(3)8-9-12(4)13(14)15/h9,12H,1,5-7H2,2-4H3,(H,14,15). The van der Waals surface area contributed by atoms with Crippen LogP contribution < -0.4 is 0 Å². The van der Waals surface area contributed by atoms with Gasteiger partial charge in [0.2, 0.25) is 0 Å². The van der Waals surface area contributed by atoms with E-state index in [0.29, 0.717) is 0 Å². The van der Waals surface area contributed by atoms with Crippen LogP contribution in [-0.2, 0) is 4.79 Å². The van der Waals surface area contributed by atoms with Crippen LogP contribution in [0.5, 0.6) is 0 Å². The van der Waals surface area contributed by atoms with E-state index in [0.717, 1.165) is 24.8 Å². The summed E-state index contributed by atoms with van der Waals surface area (Å²) in [6, 6.07) is 0. The van der Waals surface area contributed by atoms with Crippen LogP contribution in [0.3, 0.4) is 0 Å². The SMILES string of the molecule is C=C(C)CCCC(C)=C=CC(C)C(=O)O. The van der Waals surface area contributed by atoms with Gasteiger partial charge in [0.1, 0.15) is 0 Å². The lowest BCUT2D eigenvalue weighted by atomic mass is 10.1. The highest BCUT2D eigenvalue weighted by Crippen LogP contribution is 2.09. The summed E-state index contributed by atoms with van der Waals surface area (Å²) in [7, 11) is 0. The van der Waals surface area contributed by atoms with E-state index < -0.39 is 11.9 Å². The number of hydrogen-bond donors (Lipinski definition) is 1. The van der Waals surface area contributed by atoms with E-state index in [1.54, 1.807) is 13.0 Å². The highest BCUT2D eigenvalue weighted by molar-refractivity contribution is 5.71. The van der Waals surface area contributed by atoms with Crippen molar-refractivity contribution in [3.8, 4) is 0 Å². The van der Waals surface area contributed by atoms with Gasteiger partial charge >= 0.3 is 5.97 Å². The van der Waals surface area contributed by atoms with Gasteiger partial charge in [0, 0.05) is 0 Å². The molecule has 0 aliphatic carbocycles. The van der Waals surface area contributed by atoms with Crippen LogP contribution >= 0.6 is 0 Å². The second-order valence-electron chi connectivity index (χ2n) is 4.03. The molecule has 84 valence electrons. The molecular formula is C13H20O2. The van der Waals surface area contributed by atoms with Crippen molar-refractivity contribution in [1.29, 1.82) is 0 Å². The van der Waals surface area contributed by atoms with E-state index in [9.17, 15) is 4.79 Å². The fraction of sp³-hybridized carbons (Fsp3) is 0.538. The lowest BCUT2D eigenvalue weighted by molar-refractivity contribution is -0.139. The van der Waals surface area contributed by atoms with E-state index in [2.05, 4.69) is 12.3 Å². The Balaban J connectivity index is 4.07. The number of hydrogen-bond acceptors (Lipinski definition) is 1. The number of aliphatic carboxylic acids is 1. The van der Waals surface area contributed by atoms with E-state index in [1.807, 2.05) is 13.8 Å². The molecule has 0 fully saturated rings. The van der Waals surface area contributed by atoms with Crippen molar-refractivity contribution < 1.29 is 9.90 Å². The molecule has 0 heterocycles. The molecule has 0 saturated carbocycles. The second-order valence-corrected chi connectivity index (χ2v) is 4.03. The molecule has 2 heteroatoms. The average molecular weight is 208 g/mol. The molecule has 0 aromatic heterocycles. The third kappa shape index (κ3) is 7.77. The summed E-state index contributed by atoms with van der Waals surface area (Å²) >= 11 is 0. The van der Waals surface area contributed by atoms with Crippen LogP contribution in [0.2, 0.25) is 0 Å². The fourth-order valence-corrected chi connectivity index (χ4v) is 1.07. The van der Waals surface area contributed by atoms with E-state index in [4.69, 9.17) is 5.11 Å². The van der Waals surface area contributed by atoms with Gasteiger partial charge in [0.05, 0.1) is 5.92 Å². The maximum absolute atomic E-state index is 10.5. The van der Waals surface area contributed by atoms with Gasteiger partial charge in [-0.05, 0) is 51.7 Å². The van der Waals surface area contributed by atoms with E-state index >= 15 is 0 Å². The zero-order valence-corrected chi connectivity index (χ0v) is 9.84. The zero-order valence-electron chi connectivity index (χ0n) is 9.84. The highest BCUT2D eigenvalue weighted by Gasteiger charge is 2.04. The molecule has 1 N–H and O–H groups in total. The van der Waals surface area contributed by atoms with Gasteiger partial charge < -0.3 is 5.11 Å². The predicted octanol–water partition coefficient (Wildman–Crippen LogP) is 3.55. The van der Waals surface area contributed by atoms with Crippen LogP contribution in [0.25, 0.3) is 0 Å². The first-order valence-electron chi connectivity index (χ1n) is 5.23. The number of carboxylic acid groups (broad SMARTS) is 1. The maximum Gasteiger partial charge on any atom is 0.310 e. The van der Waals surface area contributed by atoms with E-state index in [-0.39, 0.29) is 0 Å². The molecule has 0 saturated heterocycles. The molecule has 15 heavy (non-hydrogen) atoms. The van der Waals surface area contributed by atoms with Crippen LogP contribution in [0.1, 0.15) is 40.0 Å². The minimum atomic E-state index is -0.808. The Morgan fingerprint density at radius 3 is 2.53 bits per heavy atom. The molecule has 1 atom stereocenters. The Hall–Kier alpha value is -1.27. The van der Waals surface area contributed by atoms with Crippen molar-refractivity contribution in [3.05, 3.63) is 29.5 Å². The minimum absolute atomic E-state index is 0.457. The van der Waals surface area contributed by atoms with Gasteiger partial charge in [0.25, 0.3) is 0 Å². The van der Waals surface area contributed by atoms with Crippen molar-refractivity contribution >= 4 is 5.97 Å². The van der Waals surface area contributed by atoms with Crippen molar-refractivity contribution in [3.63, 3.8) is 0 Å². The number of rotatable bonds is 6. The smallest absolute Gasteiger partial charge is 0.310 e. The molecule has 0 amide bonds. The third-order valence-corrected chi connectivity index (χ3v) is 2.12. The average Bonchev–Trinajstić information content (AvgIpc) is 2.13. The Morgan fingerprint density at radius 2 is 2.07 bits per heavy atom. The van der Waals surface area contributed by atoms with Crippen molar-refractivity contribution in [2.24, 2.45) is 5.92 Å². The van der Waals surface area contributed by atoms with E-state index in [1.165, 1.54) is 5.57 Å². The molecule has 0 rings (SSSR count). The molecule has 2 nitrogen and oxygen atoms in total. The summed E-state index contributed by atoms with van der Waals surface area (Å²) in [6.07, 6.45) is 4.64. The largest absolute Gasteiger partial charge is 0.481 e. The summed E-state index contributed by atoms with van der Waals surface area (Å²) in [5.41, 5.74) is 5.31.